The van der Waals surface area contributed by atoms with E-state index < -0.39 is 169 Å². The number of carbonyl (C=O) groups is 2. The highest BCUT2D eigenvalue weighted by Crippen LogP contribution is 2.34. The van der Waals surface area contributed by atoms with Gasteiger partial charge in [-0.05, 0) is 6.42 Å². The normalized spacial score (nSPS) is 41.6. The number of unbranched alkanes of at least 4 members (excludes halogenated alkanes) is 5. The fraction of sp³-hybridized carbons (Fsp3) is 0.938. The van der Waals surface area contributed by atoms with Gasteiger partial charge in [0.2, 0.25) is 0 Å². The molecule has 0 aromatic rings. The van der Waals surface area contributed by atoms with Gasteiger partial charge in [-0.1, -0.05) is 39.0 Å². The average Bonchev–Trinajstić information content (AvgIpc) is 3.20. The predicted octanol–water partition coefficient (Wildman–Crippen LogP) is -6.59. The van der Waals surface area contributed by atoms with E-state index in [1.54, 1.807) is 0 Å². The number of aliphatic hydroxyl groups is 7. The zero-order chi connectivity index (χ0) is 47.1. The molecule has 31 heteroatoms. The second kappa shape index (κ2) is 23.1. The van der Waals surface area contributed by atoms with Gasteiger partial charge < -0.3 is 95.3 Å². The zero-order valence-electron chi connectivity index (χ0n) is 33.3. The number of nitrogens with two attached hydrogens (primary N) is 2. The molecule has 0 unspecified atom stereocenters. The Morgan fingerprint density at radius 2 is 0.952 bits per heavy atom. The topological polar surface area (TPSA) is 469 Å². The lowest BCUT2D eigenvalue weighted by Crippen LogP contribution is -2.69. The molecule has 0 radical (unpaired) electrons. The highest BCUT2D eigenvalue weighted by Gasteiger charge is 2.57. The second-order valence-corrected chi connectivity index (χ2v) is 17.2. The van der Waals surface area contributed by atoms with Crippen molar-refractivity contribution in [3.05, 3.63) is 0 Å². The quantitative estimate of drug-likeness (QED) is 0.0354. The number of rotatable bonds is 22. The molecule has 0 aromatic carbocycles. The van der Waals surface area contributed by atoms with Crippen LogP contribution in [0.1, 0.15) is 45.4 Å². The first kappa shape index (κ1) is 53.6. The lowest BCUT2D eigenvalue weighted by molar-refractivity contribution is -0.369. The molecule has 29 nitrogen and oxygen atoms in total. The van der Waals surface area contributed by atoms with E-state index in [2.05, 4.69) is 15.3 Å². The minimum atomic E-state index is -5.29. The van der Waals surface area contributed by atoms with Crippen molar-refractivity contribution >= 4 is 32.7 Å². The Bertz CT molecular complexity index is 1700. The first-order chi connectivity index (χ1) is 29.4. The van der Waals surface area contributed by atoms with Crippen LogP contribution in [0.3, 0.4) is 0 Å². The van der Waals surface area contributed by atoms with Gasteiger partial charge in [0, 0.05) is 6.61 Å². The summed E-state index contributed by atoms with van der Waals surface area (Å²) in [6.45, 7) is -0.179. The summed E-state index contributed by atoms with van der Waals surface area (Å²) < 4.78 is 117. The van der Waals surface area contributed by atoms with Gasteiger partial charge in [0.25, 0.3) is 0 Å². The van der Waals surface area contributed by atoms with Crippen LogP contribution in [0.5, 0.6) is 0 Å². The van der Waals surface area contributed by atoms with E-state index in [1.807, 2.05) is 0 Å². The van der Waals surface area contributed by atoms with Crippen LogP contribution in [0.15, 0.2) is 0 Å². The van der Waals surface area contributed by atoms with Crippen LogP contribution < -0.4 is 11.5 Å². The maximum atomic E-state index is 12.5. The van der Waals surface area contributed by atoms with Gasteiger partial charge in [-0.2, -0.15) is 16.8 Å². The molecule has 4 aliphatic heterocycles. The van der Waals surface area contributed by atoms with E-state index >= 15 is 0 Å². The van der Waals surface area contributed by atoms with Gasteiger partial charge in [0.1, 0.15) is 73.2 Å². The van der Waals surface area contributed by atoms with E-state index in [4.69, 9.17) is 49.4 Å². The van der Waals surface area contributed by atoms with Crippen molar-refractivity contribution in [2.75, 3.05) is 19.8 Å². The van der Waals surface area contributed by atoms with Crippen molar-refractivity contribution in [1.29, 1.82) is 0 Å². The van der Waals surface area contributed by atoms with Crippen LogP contribution in [-0.2, 0) is 76.6 Å². The van der Waals surface area contributed by atoms with Gasteiger partial charge in [0.05, 0.1) is 25.3 Å². The molecule has 4 saturated heterocycles. The first-order valence-electron chi connectivity index (χ1n) is 19.5. The number of aliphatic hydroxyl groups excluding tert-OH is 7. The van der Waals surface area contributed by atoms with Crippen molar-refractivity contribution in [1.82, 2.24) is 0 Å². The molecule has 4 rings (SSSR count). The van der Waals surface area contributed by atoms with Crippen molar-refractivity contribution in [2.24, 2.45) is 11.5 Å². The minimum absolute atomic E-state index is 0.0979. The summed E-state index contributed by atoms with van der Waals surface area (Å²) in [5, 5.41) is 94.9. The SMILES string of the molecule is CCCCCCCCO[C@H]1O[C@H](COS(=O)(=O)O)[C@@H](O[C@@H]2O[C@H](C(=O)O)[C@@H](O[C@H]3O[C@H](COS(=O)(=O)O)[C@@H](O[C@@H]4O[C@H](C(=O)O)[C@@H](O)[C@H](O)[C@H]4O)[C@H](O)[C@H]3N)[C@H](O)[C@H]2O)[C@H](O)[C@H]1N. The fourth-order valence-corrected chi connectivity index (χ4v) is 7.69. The van der Waals surface area contributed by atoms with E-state index in [9.17, 15) is 81.5 Å². The molecule has 0 spiro atoms. The molecule has 15 N–H and O–H groups in total. The number of carboxylic acid groups (broad SMARTS) is 2. The van der Waals surface area contributed by atoms with Gasteiger partial charge in [-0.15, -0.1) is 0 Å². The van der Waals surface area contributed by atoms with Crippen LogP contribution in [0, 0.1) is 0 Å². The van der Waals surface area contributed by atoms with Gasteiger partial charge in [0.15, 0.2) is 37.4 Å². The van der Waals surface area contributed by atoms with Crippen LogP contribution >= 0.6 is 0 Å². The Balaban J connectivity index is 1.51. The summed E-state index contributed by atoms with van der Waals surface area (Å²) >= 11 is 0. The Hall–Kier alpha value is -2.00. The molecule has 20 atom stereocenters. The Labute approximate surface area is 359 Å². The molecule has 4 aliphatic rings. The van der Waals surface area contributed by atoms with Crippen LogP contribution in [0.2, 0.25) is 0 Å². The molecule has 368 valence electrons. The van der Waals surface area contributed by atoms with Crippen molar-refractivity contribution < 1.29 is 128 Å². The van der Waals surface area contributed by atoms with Gasteiger partial charge in [-0.3, -0.25) is 9.11 Å². The highest BCUT2D eigenvalue weighted by atomic mass is 32.3. The molecular formula is C32H56N2O27S2. The maximum Gasteiger partial charge on any atom is 0.397 e. The number of hydrogen-bond acceptors (Lipinski definition) is 25. The van der Waals surface area contributed by atoms with Crippen LogP contribution in [0.4, 0.5) is 0 Å². The number of hydrogen-bond donors (Lipinski definition) is 13. The Morgan fingerprint density at radius 1 is 0.524 bits per heavy atom. The van der Waals surface area contributed by atoms with E-state index in [1.165, 1.54) is 0 Å². The minimum Gasteiger partial charge on any atom is -0.479 e. The number of carboxylic acids is 2. The van der Waals surface area contributed by atoms with Crippen molar-refractivity contribution in [3.63, 3.8) is 0 Å². The number of ether oxygens (including phenoxy) is 8. The van der Waals surface area contributed by atoms with Crippen LogP contribution in [0.25, 0.3) is 0 Å². The number of aliphatic carboxylic acids is 2. The van der Waals surface area contributed by atoms with E-state index in [0.717, 1.165) is 32.1 Å². The summed E-state index contributed by atoms with van der Waals surface area (Å²) in [6.07, 6.45) is -32.3. The summed E-state index contributed by atoms with van der Waals surface area (Å²) in [6, 6.07) is -3.36. The largest absolute Gasteiger partial charge is 0.479 e. The maximum absolute atomic E-state index is 12.5. The molecule has 0 aliphatic carbocycles. The molecule has 63 heavy (non-hydrogen) atoms. The Morgan fingerprint density at radius 3 is 1.44 bits per heavy atom. The fourth-order valence-electron chi connectivity index (χ4n) is 7.08. The molecule has 0 amide bonds. The van der Waals surface area contributed by atoms with E-state index in [0.29, 0.717) is 6.42 Å². The van der Waals surface area contributed by atoms with Crippen molar-refractivity contribution in [3.8, 4) is 0 Å². The molecule has 0 aromatic heterocycles. The molecule has 0 saturated carbocycles. The van der Waals surface area contributed by atoms with E-state index in [-0.39, 0.29) is 6.61 Å². The predicted molar refractivity (Wildman–Crippen MR) is 197 cm³/mol. The van der Waals surface area contributed by atoms with Gasteiger partial charge >= 0.3 is 32.7 Å². The zero-order valence-corrected chi connectivity index (χ0v) is 35.0. The highest BCUT2D eigenvalue weighted by molar-refractivity contribution is 7.81. The molecular weight excluding hydrogens is 908 g/mol. The lowest BCUT2D eigenvalue weighted by Gasteiger charge is -2.49. The lowest BCUT2D eigenvalue weighted by atomic mass is 9.94. The molecule has 4 fully saturated rings. The smallest absolute Gasteiger partial charge is 0.397 e. The van der Waals surface area contributed by atoms with Crippen molar-refractivity contribution in [2.45, 2.75) is 168 Å². The summed E-state index contributed by atoms with van der Waals surface area (Å²) in [5.74, 6) is -3.74. The molecule has 4 heterocycles. The third-order valence-electron chi connectivity index (χ3n) is 10.5. The summed E-state index contributed by atoms with van der Waals surface area (Å²) in [5.41, 5.74) is 12.3. The van der Waals surface area contributed by atoms with Gasteiger partial charge in [-0.25, -0.2) is 18.0 Å². The van der Waals surface area contributed by atoms with Crippen LogP contribution in [-0.4, -0.2) is 226 Å². The third-order valence-corrected chi connectivity index (χ3v) is 11.3. The third kappa shape index (κ3) is 14.3. The second-order valence-electron chi connectivity index (χ2n) is 15.1. The Kier molecular flexibility index (Phi) is 19.7. The monoisotopic (exact) mass is 964 g/mol. The first-order valence-corrected chi connectivity index (χ1v) is 22.3. The standard InChI is InChI=1S/C32H56N2O27S2/c1-2-3-4-5-6-7-8-52-29-13(33)15(35)22(11(55-29)9-53-62(46,47)48)58-32-21(41)19(39)24(26(61-32)28(44)45)59-30-14(34)16(36)23(12(56-30)10-54-63(49,50)51)57-31-20(40)17(37)18(38)25(60-31)27(42)43/h11-26,29-32,35-41H,2-10,33-34H2,1H3,(H,42,43)(H,44,45)(H,46,47,48)(H,49,50,51)/t11-,12-,13-,14-,15-,16-,17+,18+,19-,20-,21-,22-,23-,24+,25+,26+,29+,30-,31-,32-/m1/s1. The molecule has 0 bridgehead atoms. The average molecular weight is 965 g/mol. The summed E-state index contributed by atoms with van der Waals surface area (Å²) in [7, 11) is -10.4. The summed E-state index contributed by atoms with van der Waals surface area (Å²) in [4.78, 5) is 24.1.